The van der Waals surface area contributed by atoms with E-state index in [1.54, 1.807) is 32.2 Å². The summed E-state index contributed by atoms with van der Waals surface area (Å²) in [4.78, 5) is 26.3. The molecule has 104 valence electrons. The third kappa shape index (κ3) is 2.39. The lowest BCUT2D eigenvalue weighted by molar-refractivity contribution is -0.147. The van der Waals surface area contributed by atoms with E-state index in [-0.39, 0.29) is 5.91 Å². The maximum Gasteiger partial charge on any atom is 0.329 e. The molecule has 1 amide bonds. The first-order valence-electron chi connectivity index (χ1n) is 6.46. The normalized spacial score (nSPS) is 14.9. The van der Waals surface area contributed by atoms with Crippen molar-refractivity contribution < 1.29 is 14.7 Å². The molecule has 2 rings (SSSR count). The SMILES string of the molecule is CN(C(=O)c1csc2c1CCCC2)C(C)(C)C(=O)O. The van der Waals surface area contributed by atoms with E-state index in [1.165, 1.54) is 16.2 Å². The Hall–Kier alpha value is -1.36. The van der Waals surface area contributed by atoms with E-state index in [4.69, 9.17) is 0 Å². The molecule has 5 heteroatoms. The Balaban J connectivity index is 2.30. The highest BCUT2D eigenvalue weighted by Crippen LogP contribution is 2.31. The van der Waals surface area contributed by atoms with E-state index >= 15 is 0 Å². The highest BCUT2D eigenvalue weighted by atomic mass is 32.1. The van der Waals surface area contributed by atoms with Crippen LogP contribution in [0.4, 0.5) is 0 Å². The first-order chi connectivity index (χ1) is 8.85. The molecule has 0 aliphatic heterocycles. The van der Waals surface area contributed by atoms with Crippen molar-refractivity contribution in [2.24, 2.45) is 0 Å². The number of aliphatic carboxylic acids is 1. The maximum atomic E-state index is 12.5. The summed E-state index contributed by atoms with van der Waals surface area (Å²) in [6.07, 6.45) is 4.26. The molecule has 1 aliphatic carbocycles. The van der Waals surface area contributed by atoms with Crippen LogP contribution < -0.4 is 0 Å². The van der Waals surface area contributed by atoms with Gasteiger partial charge in [0.15, 0.2) is 0 Å². The average Bonchev–Trinajstić information content (AvgIpc) is 2.80. The number of hydrogen-bond acceptors (Lipinski definition) is 3. The molecular weight excluding hydrogens is 262 g/mol. The molecule has 0 aromatic carbocycles. The summed E-state index contributed by atoms with van der Waals surface area (Å²) < 4.78 is 0. The number of carboxylic acids is 1. The molecule has 0 saturated heterocycles. The van der Waals surface area contributed by atoms with Gasteiger partial charge in [0, 0.05) is 17.3 Å². The Bertz CT molecular complexity index is 519. The summed E-state index contributed by atoms with van der Waals surface area (Å²) in [6.45, 7) is 3.10. The van der Waals surface area contributed by atoms with Gasteiger partial charge in [-0.25, -0.2) is 4.79 Å². The van der Waals surface area contributed by atoms with E-state index in [2.05, 4.69) is 0 Å². The summed E-state index contributed by atoms with van der Waals surface area (Å²) in [5.74, 6) is -1.18. The molecule has 0 bridgehead atoms. The van der Waals surface area contributed by atoms with Crippen LogP contribution in [0.2, 0.25) is 0 Å². The molecule has 0 atom stereocenters. The fourth-order valence-electron chi connectivity index (χ4n) is 2.25. The third-order valence-electron chi connectivity index (χ3n) is 3.96. The quantitative estimate of drug-likeness (QED) is 0.926. The second-order valence-electron chi connectivity index (χ2n) is 5.49. The number of thiophene rings is 1. The minimum atomic E-state index is -1.19. The molecular formula is C14H19NO3S. The van der Waals surface area contributed by atoms with Crippen LogP contribution >= 0.6 is 11.3 Å². The van der Waals surface area contributed by atoms with Gasteiger partial charge < -0.3 is 10.0 Å². The highest BCUT2D eigenvalue weighted by Gasteiger charge is 2.36. The van der Waals surface area contributed by atoms with Crippen LogP contribution in [0.3, 0.4) is 0 Å². The van der Waals surface area contributed by atoms with E-state index < -0.39 is 11.5 Å². The molecule has 0 spiro atoms. The molecule has 0 unspecified atom stereocenters. The fourth-order valence-corrected chi connectivity index (χ4v) is 3.37. The van der Waals surface area contributed by atoms with Gasteiger partial charge in [0.2, 0.25) is 0 Å². The number of aryl methyl sites for hydroxylation is 1. The summed E-state index contributed by atoms with van der Waals surface area (Å²) in [7, 11) is 1.56. The van der Waals surface area contributed by atoms with Crippen LogP contribution in [0.15, 0.2) is 5.38 Å². The number of likely N-dealkylation sites (N-methyl/N-ethyl adjacent to an activating group) is 1. The predicted molar refractivity (Wildman–Crippen MR) is 74.8 cm³/mol. The van der Waals surface area contributed by atoms with E-state index in [1.807, 2.05) is 5.38 Å². The lowest BCUT2D eigenvalue weighted by atomic mass is 9.94. The monoisotopic (exact) mass is 281 g/mol. The first kappa shape index (κ1) is 14.1. The summed E-state index contributed by atoms with van der Waals surface area (Å²) in [6, 6.07) is 0. The Kier molecular flexibility index (Phi) is 3.67. The number of carbonyl (C=O) groups is 2. The number of rotatable bonds is 3. The number of hydrogen-bond donors (Lipinski definition) is 1. The van der Waals surface area contributed by atoms with Crippen molar-refractivity contribution in [3.63, 3.8) is 0 Å². The van der Waals surface area contributed by atoms with Crippen LogP contribution in [0.1, 0.15) is 47.5 Å². The first-order valence-corrected chi connectivity index (χ1v) is 7.34. The van der Waals surface area contributed by atoms with Crippen molar-refractivity contribution in [1.82, 2.24) is 4.90 Å². The molecule has 0 radical (unpaired) electrons. The lowest BCUT2D eigenvalue weighted by Gasteiger charge is -2.31. The minimum Gasteiger partial charge on any atom is -0.480 e. The molecule has 1 aliphatic rings. The topological polar surface area (TPSA) is 57.6 Å². The zero-order valence-corrected chi connectivity index (χ0v) is 12.3. The Morgan fingerprint density at radius 2 is 1.95 bits per heavy atom. The van der Waals surface area contributed by atoms with Gasteiger partial charge >= 0.3 is 5.97 Å². The number of carbonyl (C=O) groups excluding carboxylic acids is 1. The zero-order valence-electron chi connectivity index (χ0n) is 11.5. The molecule has 1 heterocycles. The average molecular weight is 281 g/mol. The molecule has 0 fully saturated rings. The van der Waals surface area contributed by atoms with Crippen molar-refractivity contribution in [1.29, 1.82) is 0 Å². The Morgan fingerprint density at radius 1 is 1.32 bits per heavy atom. The van der Waals surface area contributed by atoms with Crippen LogP contribution in [0.5, 0.6) is 0 Å². The molecule has 1 N–H and O–H groups in total. The molecule has 19 heavy (non-hydrogen) atoms. The lowest BCUT2D eigenvalue weighted by Crippen LogP contribution is -2.50. The molecule has 4 nitrogen and oxygen atoms in total. The summed E-state index contributed by atoms with van der Waals surface area (Å²) >= 11 is 1.62. The van der Waals surface area contributed by atoms with Gasteiger partial charge in [0.05, 0.1) is 5.56 Å². The van der Waals surface area contributed by atoms with E-state index in [0.29, 0.717) is 5.56 Å². The molecule has 1 aromatic rings. The number of nitrogens with zero attached hydrogens (tertiary/aromatic N) is 1. The zero-order chi connectivity index (χ0) is 14.2. The van der Waals surface area contributed by atoms with Crippen LogP contribution in [0.25, 0.3) is 0 Å². The van der Waals surface area contributed by atoms with Gasteiger partial charge in [0.25, 0.3) is 5.91 Å². The summed E-state index contributed by atoms with van der Waals surface area (Å²) in [5.41, 5.74) is 0.631. The van der Waals surface area contributed by atoms with Gasteiger partial charge in [-0.05, 0) is 45.1 Å². The highest BCUT2D eigenvalue weighted by molar-refractivity contribution is 7.10. The van der Waals surface area contributed by atoms with Crippen LogP contribution in [-0.4, -0.2) is 34.5 Å². The smallest absolute Gasteiger partial charge is 0.329 e. The van der Waals surface area contributed by atoms with Gasteiger partial charge in [-0.2, -0.15) is 0 Å². The van der Waals surface area contributed by atoms with Crippen molar-refractivity contribution in [2.75, 3.05) is 7.05 Å². The van der Waals surface area contributed by atoms with Crippen molar-refractivity contribution >= 4 is 23.2 Å². The van der Waals surface area contributed by atoms with Crippen LogP contribution in [-0.2, 0) is 17.6 Å². The van der Waals surface area contributed by atoms with Crippen molar-refractivity contribution in [3.05, 3.63) is 21.4 Å². The summed E-state index contributed by atoms with van der Waals surface area (Å²) in [5, 5.41) is 11.1. The van der Waals surface area contributed by atoms with Gasteiger partial charge in [-0.1, -0.05) is 0 Å². The molecule has 1 aromatic heterocycles. The third-order valence-corrected chi connectivity index (χ3v) is 5.05. The Labute approximate surface area is 117 Å². The fraction of sp³-hybridized carbons (Fsp3) is 0.571. The second-order valence-corrected chi connectivity index (χ2v) is 6.45. The van der Waals surface area contributed by atoms with Crippen molar-refractivity contribution in [3.8, 4) is 0 Å². The number of amides is 1. The van der Waals surface area contributed by atoms with Crippen LogP contribution in [0, 0.1) is 0 Å². The van der Waals surface area contributed by atoms with Gasteiger partial charge in [-0.15, -0.1) is 11.3 Å². The van der Waals surface area contributed by atoms with E-state index in [9.17, 15) is 14.7 Å². The van der Waals surface area contributed by atoms with E-state index in [0.717, 1.165) is 24.8 Å². The molecule has 0 saturated carbocycles. The van der Waals surface area contributed by atoms with Gasteiger partial charge in [0.1, 0.15) is 5.54 Å². The van der Waals surface area contributed by atoms with Gasteiger partial charge in [-0.3, -0.25) is 4.79 Å². The largest absolute Gasteiger partial charge is 0.480 e. The minimum absolute atomic E-state index is 0.188. The van der Waals surface area contributed by atoms with Crippen molar-refractivity contribution in [2.45, 2.75) is 45.1 Å². The second kappa shape index (κ2) is 4.96. The predicted octanol–water partition coefficient (Wildman–Crippen LogP) is 2.56. The number of carboxylic acid groups (broad SMARTS) is 1. The standard InChI is InChI=1S/C14H19NO3S/c1-14(2,13(17)18)15(3)12(16)10-8-19-11-7-5-4-6-9(10)11/h8H,4-7H2,1-3H3,(H,17,18). The maximum absolute atomic E-state index is 12.5. The number of fused-ring (bicyclic) bond motifs is 1. The Morgan fingerprint density at radius 3 is 2.58 bits per heavy atom.